The molecule has 0 spiro atoms. The number of nitrogens with zero attached hydrogens (tertiary/aromatic N) is 1. The summed E-state index contributed by atoms with van der Waals surface area (Å²) >= 11 is 0. The minimum atomic E-state index is -0.135. The molecule has 2 aromatic rings. The Kier molecular flexibility index (Phi) is 6.63. The normalized spacial score (nSPS) is 20.2. The predicted molar refractivity (Wildman–Crippen MR) is 116 cm³/mol. The molecule has 0 saturated heterocycles. The monoisotopic (exact) mass is 380 g/mol. The first-order valence-corrected chi connectivity index (χ1v) is 10.3. The van der Waals surface area contributed by atoms with Gasteiger partial charge in [0.05, 0.1) is 6.10 Å². The van der Waals surface area contributed by atoms with Gasteiger partial charge in [-0.3, -0.25) is 0 Å². The van der Waals surface area contributed by atoms with E-state index in [1.807, 2.05) is 6.92 Å². The highest BCUT2D eigenvalue weighted by atomic mass is 16.3. The van der Waals surface area contributed by atoms with Gasteiger partial charge < -0.3 is 20.1 Å². The summed E-state index contributed by atoms with van der Waals surface area (Å²) in [4.78, 5) is 0. The van der Waals surface area contributed by atoms with Crippen molar-refractivity contribution in [3.8, 4) is 5.69 Å². The number of aromatic nitrogens is 1. The van der Waals surface area contributed by atoms with E-state index in [1.54, 1.807) is 6.08 Å². The third-order valence-corrected chi connectivity index (χ3v) is 5.52. The minimum absolute atomic E-state index is 0.0898. The van der Waals surface area contributed by atoms with Crippen molar-refractivity contribution in [2.75, 3.05) is 5.32 Å². The molecule has 0 unspecified atom stereocenters. The zero-order valence-electron chi connectivity index (χ0n) is 17.0. The molecule has 1 aromatic heterocycles. The van der Waals surface area contributed by atoms with Gasteiger partial charge in [-0.25, -0.2) is 0 Å². The summed E-state index contributed by atoms with van der Waals surface area (Å²) in [6.45, 7) is 7.73. The maximum Gasteiger partial charge on any atom is 0.108 e. The smallest absolute Gasteiger partial charge is 0.108 e. The average Bonchev–Trinajstić information content (AvgIpc) is 3.11. The first-order valence-electron chi connectivity index (χ1n) is 10.3. The van der Waals surface area contributed by atoms with Crippen molar-refractivity contribution < 1.29 is 10.2 Å². The van der Waals surface area contributed by atoms with Crippen LogP contribution in [0.3, 0.4) is 0 Å². The number of nitrogens with one attached hydrogen (secondary N) is 1. The van der Waals surface area contributed by atoms with E-state index in [2.05, 4.69) is 59.9 Å². The fourth-order valence-corrected chi connectivity index (χ4v) is 4.03. The number of aryl methyl sites for hydroxylation is 1. The van der Waals surface area contributed by atoms with Gasteiger partial charge >= 0.3 is 0 Å². The number of anilines is 1. The molecule has 1 aliphatic rings. The molecular formula is C24H32N2O2. The molecule has 4 heteroatoms. The Bertz CT molecular complexity index is 842. The van der Waals surface area contributed by atoms with Crippen LogP contribution in [-0.4, -0.2) is 26.9 Å². The fraction of sp³-hybridized carbons (Fsp3) is 0.417. The van der Waals surface area contributed by atoms with Crippen molar-refractivity contribution >= 4 is 5.69 Å². The van der Waals surface area contributed by atoms with Gasteiger partial charge in [-0.15, -0.1) is 0 Å². The predicted octanol–water partition coefficient (Wildman–Crippen LogP) is 5.32. The molecule has 0 radical (unpaired) electrons. The molecule has 3 rings (SSSR count). The highest BCUT2D eigenvalue weighted by Crippen LogP contribution is 2.27. The fourth-order valence-electron chi connectivity index (χ4n) is 4.03. The van der Waals surface area contributed by atoms with Crippen LogP contribution in [0.25, 0.3) is 5.69 Å². The van der Waals surface area contributed by atoms with E-state index < -0.39 is 0 Å². The molecule has 4 nitrogen and oxygen atoms in total. The van der Waals surface area contributed by atoms with Gasteiger partial charge in [0.15, 0.2) is 0 Å². The van der Waals surface area contributed by atoms with Crippen LogP contribution in [0, 0.1) is 0 Å². The lowest BCUT2D eigenvalue weighted by Crippen LogP contribution is -2.28. The quantitative estimate of drug-likeness (QED) is 0.450. The number of rotatable bonds is 7. The lowest BCUT2D eigenvalue weighted by Gasteiger charge is -2.28. The van der Waals surface area contributed by atoms with E-state index >= 15 is 0 Å². The Morgan fingerprint density at radius 2 is 2.00 bits per heavy atom. The Labute approximate surface area is 168 Å². The van der Waals surface area contributed by atoms with Crippen LogP contribution in [-0.2, 0) is 12.8 Å². The lowest BCUT2D eigenvalue weighted by molar-refractivity contribution is 0.126. The van der Waals surface area contributed by atoms with Crippen LogP contribution in [0.5, 0.6) is 0 Å². The van der Waals surface area contributed by atoms with Crippen molar-refractivity contribution in [3.05, 3.63) is 71.8 Å². The van der Waals surface area contributed by atoms with Crippen LogP contribution in [0.4, 0.5) is 5.69 Å². The van der Waals surface area contributed by atoms with Crippen LogP contribution >= 0.6 is 0 Å². The van der Waals surface area contributed by atoms with Gasteiger partial charge in [-0.2, -0.15) is 0 Å². The molecule has 0 amide bonds. The second kappa shape index (κ2) is 9.16. The number of benzene rings is 1. The van der Waals surface area contributed by atoms with Crippen LogP contribution < -0.4 is 5.32 Å². The molecule has 0 aliphatic heterocycles. The number of aliphatic hydroxyl groups is 2. The molecule has 150 valence electrons. The summed E-state index contributed by atoms with van der Waals surface area (Å²) in [5.41, 5.74) is 5.88. The molecule has 0 atom stereocenters. The van der Waals surface area contributed by atoms with Crippen molar-refractivity contribution in [1.29, 1.82) is 0 Å². The molecule has 3 N–H and O–H groups in total. The van der Waals surface area contributed by atoms with Crippen LogP contribution in [0.2, 0.25) is 0 Å². The SMILES string of the molecule is C=C(O)/C=C(\C)Cc1cccn1-c1ccc(CC)c(NC2CCC(O)CC2)c1. The van der Waals surface area contributed by atoms with Crippen molar-refractivity contribution in [2.45, 2.75) is 64.5 Å². The first-order chi connectivity index (χ1) is 13.5. The van der Waals surface area contributed by atoms with Crippen LogP contribution in [0.15, 0.2) is 60.5 Å². The molecule has 1 saturated carbocycles. The van der Waals surface area contributed by atoms with E-state index in [9.17, 15) is 10.2 Å². The number of allylic oxidation sites excluding steroid dienone is 2. The van der Waals surface area contributed by atoms with Gasteiger partial charge in [-0.05, 0) is 74.9 Å². The minimum Gasteiger partial charge on any atom is -0.509 e. The van der Waals surface area contributed by atoms with Crippen molar-refractivity contribution in [1.82, 2.24) is 4.57 Å². The molecule has 1 heterocycles. The molecule has 1 aromatic carbocycles. The maximum absolute atomic E-state index is 9.76. The van der Waals surface area contributed by atoms with Gasteiger partial charge in [-0.1, -0.05) is 25.1 Å². The van der Waals surface area contributed by atoms with E-state index in [1.165, 1.54) is 16.9 Å². The number of hydrogen-bond donors (Lipinski definition) is 3. The molecular weight excluding hydrogens is 348 g/mol. The van der Waals surface area contributed by atoms with Crippen molar-refractivity contribution in [2.24, 2.45) is 0 Å². The van der Waals surface area contributed by atoms with Gasteiger partial charge in [0, 0.05) is 35.7 Å². The highest BCUT2D eigenvalue weighted by Gasteiger charge is 2.20. The molecule has 28 heavy (non-hydrogen) atoms. The lowest BCUT2D eigenvalue weighted by atomic mass is 9.92. The summed E-state index contributed by atoms with van der Waals surface area (Å²) in [6.07, 6.45) is 9.17. The maximum atomic E-state index is 9.76. The summed E-state index contributed by atoms with van der Waals surface area (Å²) in [5, 5.41) is 22.9. The first kappa shape index (κ1) is 20.3. The van der Waals surface area contributed by atoms with E-state index in [0.717, 1.165) is 49.8 Å². The third-order valence-electron chi connectivity index (χ3n) is 5.52. The Balaban J connectivity index is 1.84. The topological polar surface area (TPSA) is 57.4 Å². The largest absolute Gasteiger partial charge is 0.509 e. The van der Waals surface area contributed by atoms with Crippen molar-refractivity contribution in [3.63, 3.8) is 0 Å². The van der Waals surface area contributed by atoms with Crippen LogP contribution in [0.1, 0.15) is 50.8 Å². The molecule has 1 fully saturated rings. The summed E-state index contributed by atoms with van der Waals surface area (Å²) in [7, 11) is 0. The summed E-state index contributed by atoms with van der Waals surface area (Å²) in [6, 6.07) is 11.2. The zero-order valence-corrected chi connectivity index (χ0v) is 17.0. The van der Waals surface area contributed by atoms with Gasteiger partial charge in [0.2, 0.25) is 0 Å². The second-order valence-corrected chi connectivity index (χ2v) is 7.87. The number of hydrogen-bond acceptors (Lipinski definition) is 3. The highest BCUT2D eigenvalue weighted by molar-refractivity contribution is 5.58. The van der Waals surface area contributed by atoms with Gasteiger partial charge in [0.25, 0.3) is 0 Å². The molecule has 0 bridgehead atoms. The Morgan fingerprint density at radius 3 is 2.68 bits per heavy atom. The third kappa shape index (κ3) is 5.08. The van der Waals surface area contributed by atoms with E-state index in [0.29, 0.717) is 6.04 Å². The van der Waals surface area contributed by atoms with Gasteiger partial charge in [0.1, 0.15) is 5.76 Å². The molecule has 1 aliphatic carbocycles. The standard InChI is InChI=1S/C24H32N2O2/c1-4-19-7-10-22(16-24(19)25-20-8-11-23(28)12-9-20)26-13-5-6-21(26)15-17(2)14-18(3)27/h5-7,10,13-14,16,20,23,25,27-28H,3-4,8-9,11-12,15H2,1-2H3/b17-14+. The zero-order chi connectivity index (χ0) is 20.1. The summed E-state index contributed by atoms with van der Waals surface area (Å²) < 4.78 is 2.20. The Morgan fingerprint density at radius 1 is 1.25 bits per heavy atom. The average molecular weight is 381 g/mol. The number of aliphatic hydroxyl groups excluding tert-OH is 2. The van der Waals surface area contributed by atoms with E-state index in [4.69, 9.17) is 0 Å². The summed E-state index contributed by atoms with van der Waals surface area (Å²) in [5.74, 6) is 0.0898. The Hall–Kier alpha value is -2.46. The second-order valence-electron chi connectivity index (χ2n) is 7.87. The van der Waals surface area contributed by atoms with E-state index in [-0.39, 0.29) is 11.9 Å².